The Hall–Kier alpha value is -2.85. The number of nitrogens with zero attached hydrogens (tertiary/aromatic N) is 1. The van der Waals surface area contributed by atoms with Gasteiger partial charge in [0.1, 0.15) is 0 Å². The van der Waals surface area contributed by atoms with E-state index >= 15 is 0 Å². The first-order chi connectivity index (χ1) is 15.0. The number of rotatable bonds is 10. The SMILES string of the molecule is C=CCN(c1cccc(C(F)(F)F)c1)S(=O)(=O)c1cccc(C(=O)NC(C)CCOC)c1. The summed E-state index contributed by atoms with van der Waals surface area (Å²) in [6.45, 7) is 5.49. The molecule has 1 atom stereocenters. The van der Waals surface area contributed by atoms with Crippen LogP contribution in [-0.2, 0) is 20.9 Å². The predicted octanol–water partition coefficient (Wildman–Crippen LogP) is 4.24. The van der Waals surface area contributed by atoms with Gasteiger partial charge in [0, 0.05) is 25.3 Å². The Morgan fingerprint density at radius 2 is 1.91 bits per heavy atom. The number of amides is 1. The molecule has 174 valence electrons. The quantitative estimate of drug-likeness (QED) is 0.527. The summed E-state index contributed by atoms with van der Waals surface area (Å²) in [6, 6.07) is 9.15. The number of ether oxygens (including phenoxy) is 1. The normalized spacial score (nSPS) is 12.8. The van der Waals surface area contributed by atoms with Crippen molar-refractivity contribution in [2.75, 3.05) is 24.6 Å². The number of halogens is 3. The second kappa shape index (κ2) is 10.6. The number of hydrogen-bond donors (Lipinski definition) is 1. The summed E-state index contributed by atoms with van der Waals surface area (Å²) in [4.78, 5) is 12.3. The number of nitrogens with one attached hydrogen (secondary N) is 1. The lowest BCUT2D eigenvalue weighted by molar-refractivity contribution is -0.137. The van der Waals surface area contributed by atoms with Crippen LogP contribution in [0.2, 0.25) is 0 Å². The van der Waals surface area contributed by atoms with Crippen LogP contribution in [0.4, 0.5) is 18.9 Å². The standard InChI is InChI=1S/C22H25F3N2O4S/c1-4-12-27(19-9-6-8-18(15-19)22(23,24)25)32(29,30)20-10-5-7-17(14-20)21(28)26-16(2)11-13-31-3/h4-10,14-16H,1,11-13H2,2-3H3,(H,26,28). The smallest absolute Gasteiger partial charge is 0.385 e. The Balaban J connectivity index is 2.39. The van der Waals surface area contributed by atoms with E-state index in [9.17, 15) is 26.4 Å². The Kier molecular flexibility index (Phi) is 8.45. The maximum absolute atomic E-state index is 13.3. The lowest BCUT2D eigenvalue weighted by Crippen LogP contribution is -2.34. The topological polar surface area (TPSA) is 75.7 Å². The van der Waals surface area contributed by atoms with Crippen molar-refractivity contribution in [3.63, 3.8) is 0 Å². The Bertz CT molecular complexity index is 1060. The molecule has 0 saturated heterocycles. The second-order valence-corrected chi connectivity index (χ2v) is 8.92. The number of hydrogen-bond acceptors (Lipinski definition) is 4. The molecule has 32 heavy (non-hydrogen) atoms. The van der Waals surface area contributed by atoms with Crippen LogP contribution in [0.5, 0.6) is 0 Å². The highest BCUT2D eigenvalue weighted by Crippen LogP contribution is 2.33. The van der Waals surface area contributed by atoms with Crippen LogP contribution in [0, 0.1) is 0 Å². The molecule has 0 fully saturated rings. The van der Waals surface area contributed by atoms with E-state index in [0.29, 0.717) is 13.0 Å². The molecule has 0 aliphatic heterocycles. The van der Waals surface area contributed by atoms with Crippen LogP contribution >= 0.6 is 0 Å². The molecule has 0 aliphatic rings. The number of sulfonamides is 1. The lowest BCUT2D eigenvalue weighted by atomic mass is 10.2. The summed E-state index contributed by atoms with van der Waals surface area (Å²) in [7, 11) is -2.74. The van der Waals surface area contributed by atoms with Crippen molar-refractivity contribution >= 4 is 21.6 Å². The largest absolute Gasteiger partial charge is 0.416 e. The van der Waals surface area contributed by atoms with Crippen LogP contribution in [0.15, 0.2) is 66.1 Å². The molecule has 2 rings (SSSR count). The molecule has 1 unspecified atom stereocenters. The first kappa shape index (κ1) is 25.4. The van der Waals surface area contributed by atoms with Gasteiger partial charge in [0.15, 0.2) is 0 Å². The maximum atomic E-state index is 13.3. The number of carbonyl (C=O) groups is 1. The lowest BCUT2D eigenvalue weighted by Gasteiger charge is -2.24. The molecule has 0 spiro atoms. The first-order valence-electron chi connectivity index (χ1n) is 9.71. The van der Waals surface area contributed by atoms with E-state index in [2.05, 4.69) is 11.9 Å². The van der Waals surface area contributed by atoms with Gasteiger partial charge < -0.3 is 10.1 Å². The van der Waals surface area contributed by atoms with Gasteiger partial charge in [-0.05, 0) is 49.7 Å². The van der Waals surface area contributed by atoms with Gasteiger partial charge in [0.2, 0.25) is 0 Å². The second-order valence-electron chi connectivity index (χ2n) is 7.06. The van der Waals surface area contributed by atoms with Crippen molar-refractivity contribution in [2.45, 2.75) is 30.5 Å². The van der Waals surface area contributed by atoms with E-state index in [0.717, 1.165) is 22.5 Å². The third-order valence-corrected chi connectivity index (χ3v) is 6.36. The summed E-state index contributed by atoms with van der Waals surface area (Å²) in [6.07, 6.45) is -2.79. The third-order valence-electron chi connectivity index (χ3n) is 4.57. The van der Waals surface area contributed by atoms with Crippen LogP contribution < -0.4 is 9.62 Å². The third kappa shape index (κ3) is 6.33. The number of anilines is 1. The summed E-state index contributed by atoms with van der Waals surface area (Å²) >= 11 is 0. The van der Waals surface area contributed by atoms with E-state index < -0.39 is 27.7 Å². The summed E-state index contributed by atoms with van der Waals surface area (Å²) < 4.78 is 71.7. The highest BCUT2D eigenvalue weighted by molar-refractivity contribution is 7.92. The van der Waals surface area contributed by atoms with E-state index in [1.54, 1.807) is 14.0 Å². The minimum absolute atomic E-state index is 0.109. The zero-order valence-corrected chi connectivity index (χ0v) is 18.5. The molecule has 2 aromatic carbocycles. The van der Waals surface area contributed by atoms with Gasteiger partial charge in [-0.15, -0.1) is 6.58 Å². The fourth-order valence-electron chi connectivity index (χ4n) is 2.90. The highest BCUT2D eigenvalue weighted by atomic mass is 32.2. The Labute approximate surface area is 185 Å². The van der Waals surface area contributed by atoms with Crippen molar-refractivity contribution in [1.29, 1.82) is 0 Å². The first-order valence-corrected chi connectivity index (χ1v) is 11.2. The van der Waals surface area contributed by atoms with Gasteiger partial charge in [0.05, 0.1) is 22.7 Å². The average molecular weight is 471 g/mol. The van der Waals surface area contributed by atoms with Gasteiger partial charge >= 0.3 is 6.18 Å². The zero-order chi connectivity index (χ0) is 23.9. The highest BCUT2D eigenvalue weighted by Gasteiger charge is 2.32. The van der Waals surface area contributed by atoms with Crippen LogP contribution in [0.25, 0.3) is 0 Å². The molecule has 0 heterocycles. The number of carbonyl (C=O) groups excluding carboxylic acids is 1. The molecule has 10 heteroatoms. The summed E-state index contributed by atoms with van der Waals surface area (Å²) in [5.41, 5.74) is -1.03. The van der Waals surface area contributed by atoms with Gasteiger partial charge in [-0.3, -0.25) is 9.10 Å². The maximum Gasteiger partial charge on any atom is 0.416 e. The van der Waals surface area contributed by atoms with Crippen molar-refractivity contribution in [2.24, 2.45) is 0 Å². The number of alkyl halides is 3. The summed E-state index contributed by atoms with van der Waals surface area (Å²) in [5.74, 6) is -0.472. The molecule has 0 saturated carbocycles. The van der Waals surface area contributed by atoms with Gasteiger partial charge in [0.25, 0.3) is 15.9 Å². The molecule has 0 aliphatic carbocycles. The molecule has 0 radical (unpaired) electrons. The number of benzene rings is 2. The molecule has 0 bridgehead atoms. The Morgan fingerprint density at radius 3 is 2.53 bits per heavy atom. The number of methoxy groups -OCH3 is 1. The Morgan fingerprint density at radius 1 is 1.22 bits per heavy atom. The molecule has 2 aromatic rings. The zero-order valence-electron chi connectivity index (χ0n) is 17.7. The van der Waals surface area contributed by atoms with E-state index in [1.807, 2.05) is 0 Å². The predicted molar refractivity (Wildman–Crippen MR) is 116 cm³/mol. The molecule has 1 N–H and O–H groups in total. The summed E-state index contributed by atoms with van der Waals surface area (Å²) in [5, 5.41) is 2.75. The van der Waals surface area contributed by atoms with E-state index in [4.69, 9.17) is 4.74 Å². The van der Waals surface area contributed by atoms with Crippen molar-refractivity contribution in [1.82, 2.24) is 5.32 Å². The van der Waals surface area contributed by atoms with Crippen LogP contribution in [-0.4, -0.2) is 40.6 Å². The van der Waals surface area contributed by atoms with E-state index in [-0.39, 0.29) is 28.7 Å². The van der Waals surface area contributed by atoms with Crippen LogP contribution in [0.1, 0.15) is 29.3 Å². The fraction of sp³-hybridized carbons (Fsp3) is 0.318. The van der Waals surface area contributed by atoms with Crippen molar-refractivity contribution in [3.05, 3.63) is 72.3 Å². The van der Waals surface area contributed by atoms with Gasteiger partial charge in [-0.25, -0.2) is 8.42 Å². The van der Waals surface area contributed by atoms with Crippen LogP contribution in [0.3, 0.4) is 0 Å². The minimum atomic E-state index is -4.63. The monoisotopic (exact) mass is 470 g/mol. The molecule has 1 amide bonds. The molecular weight excluding hydrogens is 445 g/mol. The van der Waals surface area contributed by atoms with Gasteiger partial charge in [-0.1, -0.05) is 18.2 Å². The van der Waals surface area contributed by atoms with Gasteiger partial charge in [-0.2, -0.15) is 13.2 Å². The molecule has 0 aromatic heterocycles. The molecule has 6 nitrogen and oxygen atoms in total. The van der Waals surface area contributed by atoms with E-state index in [1.165, 1.54) is 36.4 Å². The minimum Gasteiger partial charge on any atom is -0.385 e. The fourth-order valence-corrected chi connectivity index (χ4v) is 4.37. The average Bonchev–Trinajstić information content (AvgIpc) is 2.75. The molecular formula is C22H25F3N2O4S. The van der Waals surface area contributed by atoms with Crippen molar-refractivity contribution in [3.8, 4) is 0 Å². The van der Waals surface area contributed by atoms with Crippen molar-refractivity contribution < 1.29 is 31.1 Å².